The van der Waals surface area contributed by atoms with Crippen LogP contribution in [0.2, 0.25) is 0 Å². The number of aromatic nitrogens is 1. The van der Waals surface area contributed by atoms with Gasteiger partial charge >= 0.3 is 0 Å². The quantitative estimate of drug-likeness (QED) is 0.766. The number of hydrogen-bond donors (Lipinski definition) is 1. The van der Waals surface area contributed by atoms with Crippen molar-refractivity contribution in [1.29, 1.82) is 0 Å². The maximum absolute atomic E-state index is 12.8. The highest BCUT2D eigenvalue weighted by Crippen LogP contribution is 2.19. The Bertz CT molecular complexity index is 743. The van der Waals surface area contributed by atoms with Crippen molar-refractivity contribution in [2.24, 2.45) is 0 Å². The van der Waals surface area contributed by atoms with Crippen molar-refractivity contribution in [3.05, 3.63) is 58.4 Å². The van der Waals surface area contributed by atoms with Crippen molar-refractivity contribution in [2.45, 2.75) is 26.4 Å². The Balaban J connectivity index is 1.89. The lowest BCUT2D eigenvalue weighted by Crippen LogP contribution is -2.36. The second kappa shape index (κ2) is 5.74. The van der Waals surface area contributed by atoms with Crippen LogP contribution in [0.4, 0.5) is 0 Å². The normalized spacial score (nSPS) is 11.2. The summed E-state index contributed by atoms with van der Waals surface area (Å²) in [7, 11) is 0. The number of nitrogens with zero attached hydrogens (tertiary/aromatic N) is 1. The highest BCUT2D eigenvalue weighted by Gasteiger charge is 2.19. The molecule has 108 valence electrons. The predicted octanol–water partition coefficient (Wildman–Crippen LogP) is 4.28. The van der Waals surface area contributed by atoms with Crippen molar-refractivity contribution < 1.29 is 4.79 Å². The number of thiophene rings is 1. The molecule has 1 amide bonds. The van der Waals surface area contributed by atoms with Crippen LogP contribution in [-0.2, 0) is 6.54 Å². The molecule has 1 aromatic carbocycles. The predicted molar refractivity (Wildman–Crippen MR) is 87.6 cm³/mol. The van der Waals surface area contributed by atoms with Crippen LogP contribution in [0.25, 0.3) is 10.9 Å². The van der Waals surface area contributed by atoms with Gasteiger partial charge in [-0.3, -0.25) is 4.79 Å². The fourth-order valence-corrected chi connectivity index (χ4v) is 3.11. The van der Waals surface area contributed by atoms with Crippen LogP contribution in [0, 0.1) is 0 Å². The molecule has 2 heterocycles. The fourth-order valence-electron chi connectivity index (χ4n) is 2.41. The lowest BCUT2D eigenvalue weighted by atomic mass is 10.1. The Kier molecular flexibility index (Phi) is 3.80. The molecule has 2 aromatic heterocycles. The van der Waals surface area contributed by atoms with E-state index in [4.69, 9.17) is 0 Å². The second-order valence-corrected chi connectivity index (χ2v) is 6.42. The summed E-state index contributed by atoms with van der Waals surface area (Å²) in [6, 6.07) is 12.1. The monoisotopic (exact) mass is 298 g/mol. The maximum atomic E-state index is 12.8. The van der Waals surface area contributed by atoms with Crippen molar-refractivity contribution in [3.63, 3.8) is 0 Å². The lowest BCUT2D eigenvalue weighted by Gasteiger charge is -2.26. The van der Waals surface area contributed by atoms with Crippen molar-refractivity contribution in [1.82, 2.24) is 9.88 Å². The third-order valence-corrected chi connectivity index (χ3v) is 4.45. The first kappa shape index (κ1) is 13.9. The third kappa shape index (κ3) is 2.85. The van der Waals surface area contributed by atoms with Crippen LogP contribution in [-0.4, -0.2) is 21.8 Å². The maximum Gasteiger partial charge on any atom is 0.254 e. The van der Waals surface area contributed by atoms with Gasteiger partial charge in [0.15, 0.2) is 0 Å². The SMILES string of the molecule is CC(C)N(Cc1cccs1)C(=O)c1ccc2cc[nH]c2c1. The smallest absolute Gasteiger partial charge is 0.254 e. The molecule has 0 aliphatic heterocycles. The summed E-state index contributed by atoms with van der Waals surface area (Å²) < 4.78 is 0. The Hall–Kier alpha value is -2.07. The Morgan fingerprint density at radius 2 is 2.14 bits per heavy atom. The number of rotatable bonds is 4. The zero-order valence-electron chi connectivity index (χ0n) is 12.2. The van der Waals surface area contributed by atoms with E-state index in [2.05, 4.69) is 24.9 Å². The van der Waals surface area contributed by atoms with Crippen LogP contribution >= 0.6 is 11.3 Å². The number of carbonyl (C=O) groups excluding carboxylic acids is 1. The van der Waals surface area contributed by atoms with E-state index in [9.17, 15) is 4.79 Å². The summed E-state index contributed by atoms with van der Waals surface area (Å²) in [5.74, 6) is 0.0786. The first-order valence-corrected chi connectivity index (χ1v) is 7.93. The molecule has 0 aliphatic carbocycles. The fraction of sp³-hybridized carbons (Fsp3) is 0.235. The Morgan fingerprint density at radius 3 is 2.86 bits per heavy atom. The van der Waals surface area contributed by atoms with E-state index in [-0.39, 0.29) is 11.9 Å². The molecule has 0 fully saturated rings. The Labute approximate surface area is 128 Å². The number of amides is 1. The number of nitrogens with one attached hydrogen (secondary N) is 1. The van der Waals surface area contributed by atoms with Crippen molar-refractivity contribution >= 4 is 28.1 Å². The molecule has 0 atom stereocenters. The van der Waals surface area contributed by atoms with E-state index in [1.807, 2.05) is 46.8 Å². The molecule has 0 radical (unpaired) electrons. The van der Waals surface area contributed by atoms with Crippen LogP contribution in [0.15, 0.2) is 48.0 Å². The minimum absolute atomic E-state index is 0.0786. The van der Waals surface area contributed by atoms with E-state index >= 15 is 0 Å². The minimum Gasteiger partial charge on any atom is -0.361 e. The molecular weight excluding hydrogens is 280 g/mol. The van der Waals surface area contributed by atoms with Gasteiger partial charge in [0.2, 0.25) is 0 Å². The lowest BCUT2D eigenvalue weighted by molar-refractivity contribution is 0.0692. The Morgan fingerprint density at radius 1 is 1.29 bits per heavy atom. The zero-order chi connectivity index (χ0) is 14.8. The number of aromatic amines is 1. The van der Waals surface area contributed by atoms with E-state index in [0.29, 0.717) is 6.54 Å². The summed E-state index contributed by atoms with van der Waals surface area (Å²) in [6.07, 6.45) is 1.89. The van der Waals surface area contributed by atoms with Crippen LogP contribution < -0.4 is 0 Å². The van der Waals surface area contributed by atoms with E-state index in [0.717, 1.165) is 16.5 Å². The topological polar surface area (TPSA) is 36.1 Å². The molecule has 0 spiro atoms. The average Bonchev–Trinajstić information content (AvgIpc) is 3.14. The number of hydrogen-bond acceptors (Lipinski definition) is 2. The molecule has 0 saturated heterocycles. The minimum atomic E-state index is 0.0786. The molecular formula is C17H18N2OS. The van der Waals surface area contributed by atoms with Crippen LogP contribution in [0.3, 0.4) is 0 Å². The number of fused-ring (bicyclic) bond motifs is 1. The van der Waals surface area contributed by atoms with E-state index in [1.165, 1.54) is 4.88 Å². The van der Waals surface area contributed by atoms with E-state index in [1.54, 1.807) is 11.3 Å². The summed E-state index contributed by atoms with van der Waals surface area (Å²) in [6.45, 7) is 4.77. The standard InChI is InChI=1S/C17H18N2OS/c1-12(2)19(11-15-4-3-9-21-15)17(20)14-6-5-13-7-8-18-16(13)10-14/h3-10,12,18H,11H2,1-2H3. The molecule has 3 aromatic rings. The second-order valence-electron chi connectivity index (χ2n) is 5.39. The average molecular weight is 298 g/mol. The molecule has 0 aliphatic rings. The van der Waals surface area contributed by atoms with Gasteiger partial charge in [-0.1, -0.05) is 12.1 Å². The molecule has 0 bridgehead atoms. The number of H-pyrrole nitrogens is 1. The molecule has 0 unspecified atom stereocenters. The molecule has 4 heteroatoms. The molecule has 3 nitrogen and oxygen atoms in total. The zero-order valence-corrected chi connectivity index (χ0v) is 13.0. The first-order valence-electron chi connectivity index (χ1n) is 7.05. The molecule has 1 N–H and O–H groups in total. The highest BCUT2D eigenvalue weighted by atomic mass is 32.1. The van der Waals surface area contributed by atoms with Crippen molar-refractivity contribution in [3.8, 4) is 0 Å². The van der Waals surface area contributed by atoms with Gasteiger partial charge in [-0.15, -0.1) is 11.3 Å². The van der Waals surface area contributed by atoms with Crippen LogP contribution in [0.1, 0.15) is 29.1 Å². The summed E-state index contributed by atoms with van der Waals surface area (Å²) in [5, 5.41) is 3.17. The van der Waals surface area contributed by atoms with Gasteiger partial charge in [-0.2, -0.15) is 0 Å². The van der Waals surface area contributed by atoms with E-state index < -0.39 is 0 Å². The summed E-state index contributed by atoms with van der Waals surface area (Å²) in [4.78, 5) is 19.1. The highest BCUT2D eigenvalue weighted by molar-refractivity contribution is 7.09. The van der Waals surface area contributed by atoms with Gasteiger partial charge in [0.1, 0.15) is 0 Å². The summed E-state index contributed by atoms with van der Waals surface area (Å²) in [5.41, 5.74) is 1.73. The molecule has 0 saturated carbocycles. The molecule has 21 heavy (non-hydrogen) atoms. The van der Waals surface area contributed by atoms with Gasteiger partial charge in [-0.05, 0) is 48.9 Å². The summed E-state index contributed by atoms with van der Waals surface area (Å²) >= 11 is 1.69. The van der Waals surface area contributed by atoms with Gasteiger partial charge in [0.05, 0.1) is 6.54 Å². The number of benzene rings is 1. The number of carbonyl (C=O) groups is 1. The van der Waals surface area contributed by atoms with Gasteiger partial charge in [-0.25, -0.2) is 0 Å². The largest absolute Gasteiger partial charge is 0.361 e. The van der Waals surface area contributed by atoms with Crippen molar-refractivity contribution in [2.75, 3.05) is 0 Å². The third-order valence-electron chi connectivity index (χ3n) is 3.59. The van der Waals surface area contributed by atoms with Gasteiger partial charge in [0.25, 0.3) is 5.91 Å². The first-order chi connectivity index (χ1) is 10.1. The van der Waals surface area contributed by atoms with Gasteiger partial charge < -0.3 is 9.88 Å². The van der Waals surface area contributed by atoms with Crippen LogP contribution in [0.5, 0.6) is 0 Å². The van der Waals surface area contributed by atoms with Gasteiger partial charge in [0, 0.05) is 28.2 Å². The molecule has 3 rings (SSSR count).